The Hall–Kier alpha value is -1.73. The van der Waals surface area contributed by atoms with Gasteiger partial charge in [-0.3, -0.25) is 4.74 Å². The van der Waals surface area contributed by atoms with E-state index in [1.807, 2.05) is 0 Å². The minimum atomic E-state index is -0.870. The summed E-state index contributed by atoms with van der Waals surface area (Å²) in [4.78, 5) is 0. The quantitative estimate of drug-likeness (QED) is 0.356. The SMILES string of the molecule is CC1(C)N([O])C(c2cc(C#CS)cc(C#CS)c2)=[N+]([O-])C1(C)C. The summed E-state index contributed by atoms with van der Waals surface area (Å²) in [5.74, 6) is 5.68. The Balaban J connectivity index is 2.71. The second-order valence-electron chi connectivity index (χ2n) is 6.30. The molecule has 2 rings (SSSR count). The summed E-state index contributed by atoms with van der Waals surface area (Å²) in [5, 5.41) is 31.2. The fourth-order valence-electron chi connectivity index (χ4n) is 2.37. The zero-order valence-electron chi connectivity index (χ0n) is 13.3. The number of rotatable bonds is 1. The highest BCUT2D eigenvalue weighted by molar-refractivity contribution is 7.85. The van der Waals surface area contributed by atoms with Crippen molar-refractivity contribution in [3.05, 3.63) is 40.1 Å². The number of thiol groups is 2. The van der Waals surface area contributed by atoms with Crippen LogP contribution in [-0.2, 0) is 5.21 Å². The first kappa shape index (κ1) is 17.6. The Labute approximate surface area is 147 Å². The summed E-state index contributed by atoms with van der Waals surface area (Å²) >= 11 is 7.78. The maximum Gasteiger partial charge on any atom is 0.316 e. The van der Waals surface area contributed by atoms with Crippen LogP contribution in [0.1, 0.15) is 44.4 Å². The minimum Gasteiger partial charge on any atom is -0.714 e. The van der Waals surface area contributed by atoms with E-state index in [1.165, 1.54) is 0 Å². The van der Waals surface area contributed by atoms with Gasteiger partial charge in [-0.1, -0.05) is 42.2 Å². The standard InChI is InChI=1S/C17H17N2O2S2/c1-16(2)17(3,4)19(21)15(18(16)20)14-10-12(5-7-22)9-13(11-14)6-8-23/h9-11,22-23H,1-4H3. The number of hydrogen-bond donors (Lipinski definition) is 2. The van der Waals surface area contributed by atoms with Crippen LogP contribution in [-0.4, -0.2) is 26.7 Å². The normalized spacial score (nSPS) is 18.1. The van der Waals surface area contributed by atoms with Gasteiger partial charge in [0.2, 0.25) is 0 Å². The largest absolute Gasteiger partial charge is 0.714 e. The van der Waals surface area contributed by atoms with Crippen molar-refractivity contribution in [2.75, 3.05) is 0 Å². The van der Waals surface area contributed by atoms with Gasteiger partial charge in [-0.15, -0.1) is 0 Å². The molecule has 1 aromatic rings. The summed E-state index contributed by atoms with van der Waals surface area (Å²) in [7, 11) is 0. The molecule has 0 spiro atoms. The van der Waals surface area contributed by atoms with Gasteiger partial charge in [0.25, 0.3) is 0 Å². The molecule has 0 fully saturated rings. The van der Waals surface area contributed by atoms with Gasteiger partial charge in [-0.05, 0) is 56.4 Å². The van der Waals surface area contributed by atoms with Crippen LogP contribution >= 0.6 is 25.3 Å². The number of hydrogen-bond acceptors (Lipinski definition) is 4. The van der Waals surface area contributed by atoms with Gasteiger partial charge in [0.05, 0.1) is 5.56 Å². The Morgan fingerprint density at radius 2 is 1.52 bits per heavy atom. The van der Waals surface area contributed by atoms with Crippen molar-refractivity contribution in [1.29, 1.82) is 0 Å². The molecule has 1 aliphatic rings. The third-order valence-corrected chi connectivity index (χ3v) is 4.71. The van der Waals surface area contributed by atoms with Gasteiger partial charge in [-0.2, -0.15) is 0 Å². The molecule has 119 valence electrons. The fourth-order valence-corrected chi connectivity index (χ4v) is 2.63. The van der Waals surface area contributed by atoms with Crippen molar-refractivity contribution in [3.8, 4) is 22.3 Å². The summed E-state index contributed by atoms with van der Waals surface area (Å²) in [6.07, 6.45) is 0. The van der Waals surface area contributed by atoms with Crippen LogP contribution in [0.4, 0.5) is 0 Å². The van der Waals surface area contributed by atoms with Crippen LogP contribution in [0.5, 0.6) is 0 Å². The van der Waals surface area contributed by atoms with Gasteiger partial charge >= 0.3 is 5.84 Å². The molecule has 23 heavy (non-hydrogen) atoms. The van der Waals surface area contributed by atoms with E-state index < -0.39 is 11.1 Å². The average molecular weight is 345 g/mol. The highest BCUT2D eigenvalue weighted by Crippen LogP contribution is 2.37. The zero-order chi connectivity index (χ0) is 17.4. The lowest BCUT2D eigenvalue weighted by Gasteiger charge is -2.32. The molecule has 0 aromatic heterocycles. The van der Waals surface area contributed by atoms with Crippen molar-refractivity contribution < 1.29 is 9.95 Å². The Morgan fingerprint density at radius 1 is 1.04 bits per heavy atom. The highest BCUT2D eigenvalue weighted by atomic mass is 32.1. The first-order chi connectivity index (χ1) is 10.7. The van der Waals surface area contributed by atoms with E-state index in [4.69, 9.17) is 0 Å². The molecule has 0 bridgehead atoms. The third kappa shape index (κ3) is 2.79. The molecule has 4 nitrogen and oxygen atoms in total. The topological polar surface area (TPSA) is 49.2 Å². The van der Waals surface area contributed by atoms with Crippen molar-refractivity contribution in [2.45, 2.75) is 38.8 Å². The highest BCUT2D eigenvalue weighted by Gasteiger charge is 2.59. The van der Waals surface area contributed by atoms with Crippen LogP contribution in [0.3, 0.4) is 0 Å². The molecule has 0 atom stereocenters. The van der Waals surface area contributed by atoms with Crippen molar-refractivity contribution in [2.24, 2.45) is 0 Å². The van der Waals surface area contributed by atoms with E-state index in [-0.39, 0.29) is 5.84 Å². The summed E-state index contributed by atoms with van der Waals surface area (Å²) in [6, 6.07) is 5.14. The second kappa shape index (κ2) is 6.05. The lowest BCUT2D eigenvalue weighted by atomic mass is 9.84. The molecule has 0 amide bonds. The van der Waals surface area contributed by atoms with Gasteiger partial charge in [0, 0.05) is 16.3 Å². The summed E-state index contributed by atoms with van der Waals surface area (Å²) in [6.45, 7) is 7.01. The maximum atomic E-state index is 12.7. The fraction of sp³-hybridized carbons (Fsp3) is 0.353. The van der Waals surface area contributed by atoms with E-state index in [1.54, 1.807) is 45.9 Å². The minimum absolute atomic E-state index is 0.0602. The maximum absolute atomic E-state index is 12.7. The lowest BCUT2D eigenvalue weighted by Crippen LogP contribution is -2.53. The average Bonchev–Trinajstić information content (AvgIpc) is 2.58. The second-order valence-corrected chi connectivity index (χ2v) is 6.75. The molecule has 0 saturated heterocycles. The third-order valence-electron chi connectivity index (χ3n) is 4.49. The zero-order valence-corrected chi connectivity index (χ0v) is 15.1. The van der Waals surface area contributed by atoms with E-state index in [9.17, 15) is 10.4 Å². The Kier molecular flexibility index (Phi) is 4.64. The van der Waals surface area contributed by atoms with Crippen LogP contribution in [0.15, 0.2) is 18.2 Å². The lowest BCUT2D eigenvalue weighted by molar-refractivity contribution is -0.539. The molecule has 6 heteroatoms. The van der Waals surface area contributed by atoms with Gasteiger partial charge in [0.1, 0.15) is 5.54 Å². The number of benzene rings is 1. The van der Waals surface area contributed by atoms with Crippen molar-refractivity contribution in [3.63, 3.8) is 0 Å². The Morgan fingerprint density at radius 3 is 1.87 bits per heavy atom. The predicted molar refractivity (Wildman–Crippen MR) is 96.6 cm³/mol. The molecule has 0 unspecified atom stereocenters. The molecule has 1 heterocycles. The molecular formula is C17H17N2O2S2. The molecular weight excluding hydrogens is 328 g/mol. The molecule has 0 saturated carbocycles. The number of nitrogens with zero attached hydrogens (tertiary/aromatic N) is 2. The molecule has 1 aromatic carbocycles. The predicted octanol–water partition coefficient (Wildman–Crippen LogP) is 2.64. The summed E-state index contributed by atoms with van der Waals surface area (Å²) < 4.78 is 0.769. The Bertz CT molecular complexity index is 767. The number of hydroxylamine groups is 3. The molecule has 0 aliphatic carbocycles. The van der Waals surface area contributed by atoms with E-state index >= 15 is 0 Å². The van der Waals surface area contributed by atoms with Gasteiger partial charge < -0.3 is 5.21 Å². The molecule has 1 aliphatic heterocycles. The van der Waals surface area contributed by atoms with E-state index in [0.717, 1.165) is 9.80 Å². The van der Waals surface area contributed by atoms with Crippen molar-refractivity contribution >= 4 is 31.1 Å². The van der Waals surface area contributed by atoms with Crippen LogP contribution in [0.25, 0.3) is 0 Å². The number of amidine groups is 1. The van der Waals surface area contributed by atoms with Crippen LogP contribution in [0, 0.1) is 27.6 Å². The van der Waals surface area contributed by atoms with Crippen LogP contribution in [0.2, 0.25) is 0 Å². The summed E-state index contributed by atoms with van der Waals surface area (Å²) in [5.41, 5.74) is -0.0100. The van der Waals surface area contributed by atoms with Crippen LogP contribution < -0.4 is 0 Å². The smallest absolute Gasteiger partial charge is 0.316 e. The van der Waals surface area contributed by atoms with Gasteiger partial charge in [-0.25, -0.2) is 0 Å². The first-order valence-electron chi connectivity index (χ1n) is 6.94. The molecule has 0 N–H and O–H groups in total. The van der Waals surface area contributed by atoms with Gasteiger partial charge in [0.15, 0.2) is 5.54 Å². The van der Waals surface area contributed by atoms with E-state index in [0.29, 0.717) is 16.7 Å². The van der Waals surface area contributed by atoms with Crippen molar-refractivity contribution in [1.82, 2.24) is 5.06 Å². The monoisotopic (exact) mass is 345 g/mol. The molecule has 1 radical (unpaired) electrons. The van der Waals surface area contributed by atoms with E-state index in [2.05, 4.69) is 47.6 Å². The first-order valence-corrected chi connectivity index (χ1v) is 7.83.